The van der Waals surface area contributed by atoms with Gasteiger partial charge in [-0.3, -0.25) is 0 Å². The van der Waals surface area contributed by atoms with Gasteiger partial charge in [0.15, 0.2) is 0 Å². The standard InChI is InChI=1S/C15H24N2O/c1-3-12-8-9-15(10-12,11-16)17-13-4-6-14(18-2)7-5-13/h4-7,12,17H,3,8-11,16H2,1-2H3. The Bertz CT molecular complexity index is 377. The van der Waals surface area contributed by atoms with Crippen LogP contribution in [0.1, 0.15) is 32.6 Å². The summed E-state index contributed by atoms with van der Waals surface area (Å²) in [5.41, 5.74) is 7.23. The average molecular weight is 248 g/mol. The molecule has 3 N–H and O–H groups in total. The molecule has 100 valence electrons. The molecule has 0 bridgehead atoms. The predicted octanol–water partition coefficient (Wildman–Crippen LogP) is 3.01. The van der Waals surface area contributed by atoms with Crippen LogP contribution in [0.4, 0.5) is 5.69 Å². The van der Waals surface area contributed by atoms with Crippen LogP contribution in [0.3, 0.4) is 0 Å². The summed E-state index contributed by atoms with van der Waals surface area (Å²) in [4.78, 5) is 0. The van der Waals surface area contributed by atoms with Crippen molar-refractivity contribution in [1.82, 2.24) is 0 Å². The van der Waals surface area contributed by atoms with Gasteiger partial charge in [0.1, 0.15) is 5.75 Å². The molecule has 0 spiro atoms. The highest BCUT2D eigenvalue weighted by Crippen LogP contribution is 2.38. The molecule has 2 rings (SSSR count). The van der Waals surface area contributed by atoms with Crippen molar-refractivity contribution in [2.45, 2.75) is 38.1 Å². The molecule has 0 radical (unpaired) electrons. The number of ether oxygens (including phenoxy) is 1. The number of hydrogen-bond acceptors (Lipinski definition) is 3. The molecule has 2 unspecified atom stereocenters. The number of nitrogens with one attached hydrogen (secondary N) is 1. The van der Waals surface area contributed by atoms with E-state index >= 15 is 0 Å². The van der Waals surface area contributed by atoms with E-state index in [0.717, 1.165) is 17.4 Å². The molecule has 1 aliphatic carbocycles. The van der Waals surface area contributed by atoms with Crippen molar-refractivity contribution in [3.63, 3.8) is 0 Å². The third-order valence-corrected chi connectivity index (χ3v) is 4.18. The molecule has 0 heterocycles. The lowest BCUT2D eigenvalue weighted by Crippen LogP contribution is -2.43. The zero-order valence-electron chi connectivity index (χ0n) is 11.4. The van der Waals surface area contributed by atoms with Crippen LogP contribution in [0.15, 0.2) is 24.3 Å². The van der Waals surface area contributed by atoms with Crippen LogP contribution in [0, 0.1) is 5.92 Å². The first-order chi connectivity index (χ1) is 8.71. The first-order valence-electron chi connectivity index (χ1n) is 6.83. The van der Waals surface area contributed by atoms with E-state index in [4.69, 9.17) is 10.5 Å². The maximum Gasteiger partial charge on any atom is 0.119 e. The van der Waals surface area contributed by atoms with E-state index in [9.17, 15) is 0 Å². The Morgan fingerprint density at radius 3 is 2.61 bits per heavy atom. The zero-order valence-corrected chi connectivity index (χ0v) is 11.4. The van der Waals surface area contributed by atoms with Gasteiger partial charge in [-0.15, -0.1) is 0 Å². The van der Waals surface area contributed by atoms with E-state index in [1.807, 2.05) is 12.1 Å². The van der Waals surface area contributed by atoms with Gasteiger partial charge in [-0.05, 0) is 49.4 Å². The molecule has 0 aliphatic heterocycles. The van der Waals surface area contributed by atoms with Crippen molar-refractivity contribution >= 4 is 5.69 Å². The summed E-state index contributed by atoms with van der Waals surface area (Å²) in [7, 11) is 1.69. The summed E-state index contributed by atoms with van der Waals surface area (Å²) in [5.74, 6) is 1.71. The van der Waals surface area contributed by atoms with E-state index in [1.165, 1.54) is 25.7 Å². The number of nitrogens with two attached hydrogens (primary N) is 1. The Morgan fingerprint density at radius 2 is 2.11 bits per heavy atom. The Labute approximate surface area is 110 Å². The van der Waals surface area contributed by atoms with Gasteiger partial charge in [0.25, 0.3) is 0 Å². The minimum Gasteiger partial charge on any atom is -0.497 e. The molecule has 18 heavy (non-hydrogen) atoms. The normalized spacial score (nSPS) is 27.2. The van der Waals surface area contributed by atoms with Crippen molar-refractivity contribution < 1.29 is 4.74 Å². The Morgan fingerprint density at radius 1 is 1.39 bits per heavy atom. The molecule has 3 heteroatoms. The number of hydrogen-bond donors (Lipinski definition) is 2. The summed E-state index contributed by atoms with van der Waals surface area (Å²) in [6.07, 6.45) is 4.91. The smallest absolute Gasteiger partial charge is 0.119 e. The van der Waals surface area contributed by atoms with Crippen LogP contribution in [0.2, 0.25) is 0 Å². The van der Waals surface area contributed by atoms with Gasteiger partial charge in [-0.25, -0.2) is 0 Å². The van der Waals surface area contributed by atoms with Crippen molar-refractivity contribution in [3.8, 4) is 5.75 Å². The van der Waals surface area contributed by atoms with Gasteiger partial charge in [0, 0.05) is 17.8 Å². The van der Waals surface area contributed by atoms with E-state index in [0.29, 0.717) is 6.54 Å². The van der Waals surface area contributed by atoms with Gasteiger partial charge in [-0.2, -0.15) is 0 Å². The van der Waals surface area contributed by atoms with Crippen molar-refractivity contribution in [1.29, 1.82) is 0 Å². The molecular formula is C15H24N2O. The van der Waals surface area contributed by atoms with E-state index in [2.05, 4.69) is 24.4 Å². The number of anilines is 1. The third-order valence-electron chi connectivity index (χ3n) is 4.18. The number of benzene rings is 1. The lowest BCUT2D eigenvalue weighted by molar-refractivity contribution is 0.414. The van der Waals surface area contributed by atoms with Gasteiger partial charge in [0.05, 0.1) is 7.11 Å². The number of rotatable bonds is 5. The zero-order chi connectivity index (χ0) is 13.0. The minimum absolute atomic E-state index is 0.0925. The minimum atomic E-state index is 0.0925. The van der Waals surface area contributed by atoms with Crippen molar-refractivity contribution in [2.75, 3.05) is 19.0 Å². The molecule has 1 aromatic carbocycles. The Balaban J connectivity index is 2.05. The first kappa shape index (κ1) is 13.2. The molecule has 2 atom stereocenters. The first-order valence-corrected chi connectivity index (χ1v) is 6.83. The highest BCUT2D eigenvalue weighted by molar-refractivity contribution is 5.48. The monoisotopic (exact) mass is 248 g/mol. The number of methoxy groups -OCH3 is 1. The second-order valence-electron chi connectivity index (χ2n) is 5.36. The SMILES string of the molecule is CCC1CCC(CN)(Nc2ccc(OC)cc2)C1. The molecule has 1 saturated carbocycles. The lowest BCUT2D eigenvalue weighted by Gasteiger charge is -2.30. The van der Waals surface area contributed by atoms with Gasteiger partial charge in [0.2, 0.25) is 0 Å². The van der Waals surface area contributed by atoms with Crippen LogP contribution in [-0.4, -0.2) is 19.2 Å². The molecule has 0 amide bonds. The molecule has 3 nitrogen and oxygen atoms in total. The average Bonchev–Trinajstić information content (AvgIpc) is 2.84. The van der Waals surface area contributed by atoms with Crippen LogP contribution in [0.5, 0.6) is 5.75 Å². The fraction of sp³-hybridized carbons (Fsp3) is 0.600. The van der Waals surface area contributed by atoms with Crippen LogP contribution < -0.4 is 15.8 Å². The lowest BCUT2D eigenvalue weighted by atomic mass is 9.94. The molecule has 1 aliphatic rings. The summed E-state index contributed by atoms with van der Waals surface area (Å²) in [6, 6.07) is 8.10. The molecular weight excluding hydrogens is 224 g/mol. The third kappa shape index (κ3) is 2.78. The summed E-state index contributed by atoms with van der Waals surface area (Å²) in [5, 5.41) is 3.64. The van der Waals surface area contributed by atoms with Crippen LogP contribution >= 0.6 is 0 Å². The van der Waals surface area contributed by atoms with Gasteiger partial charge in [-0.1, -0.05) is 13.3 Å². The van der Waals surface area contributed by atoms with Crippen LogP contribution in [0.25, 0.3) is 0 Å². The summed E-state index contributed by atoms with van der Waals surface area (Å²) >= 11 is 0. The topological polar surface area (TPSA) is 47.3 Å². The second kappa shape index (κ2) is 5.61. The highest BCUT2D eigenvalue weighted by Gasteiger charge is 2.37. The Kier molecular flexibility index (Phi) is 4.12. The summed E-state index contributed by atoms with van der Waals surface area (Å²) < 4.78 is 5.17. The molecule has 1 fully saturated rings. The fourth-order valence-corrected chi connectivity index (χ4v) is 2.92. The predicted molar refractivity (Wildman–Crippen MR) is 76.0 cm³/mol. The second-order valence-corrected chi connectivity index (χ2v) is 5.36. The van der Waals surface area contributed by atoms with Crippen molar-refractivity contribution in [3.05, 3.63) is 24.3 Å². The fourth-order valence-electron chi connectivity index (χ4n) is 2.92. The van der Waals surface area contributed by atoms with E-state index in [-0.39, 0.29) is 5.54 Å². The largest absolute Gasteiger partial charge is 0.497 e. The van der Waals surface area contributed by atoms with E-state index in [1.54, 1.807) is 7.11 Å². The van der Waals surface area contributed by atoms with Gasteiger partial charge >= 0.3 is 0 Å². The Hall–Kier alpha value is -1.22. The van der Waals surface area contributed by atoms with Gasteiger partial charge < -0.3 is 15.8 Å². The highest BCUT2D eigenvalue weighted by atomic mass is 16.5. The van der Waals surface area contributed by atoms with Crippen molar-refractivity contribution in [2.24, 2.45) is 11.7 Å². The van der Waals surface area contributed by atoms with Crippen LogP contribution in [-0.2, 0) is 0 Å². The quantitative estimate of drug-likeness (QED) is 0.842. The molecule has 0 aromatic heterocycles. The summed E-state index contributed by atoms with van der Waals surface area (Å²) in [6.45, 7) is 2.97. The molecule has 1 aromatic rings. The maximum absolute atomic E-state index is 6.00. The maximum atomic E-state index is 6.00. The van der Waals surface area contributed by atoms with E-state index < -0.39 is 0 Å². The molecule has 0 saturated heterocycles.